The van der Waals surface area contributed by atoms with Crippen LogP contribution in [-0.2, 0) is 19.6 Å². The van der Waals surface area contributed by atoms with E-state index < -0.39 is 27.8 Å². The van der Waals surface area contributed by atoms with Crippen LogP contribution in [-0.4, -0.2) is 83.5 Å². The molecule has 0 bridgehead atoms. The minimum atomic E-state index is -4.18. The van der Waals surface area contributed by atoms with Crippen molar-refractivity contribution in [3.63, 3.8) is 0 Å². The molecule has 3 aromatic carbocycles. The number of amides is 1. The number of carbonyl (C=O) groups is 2. The van der Waals surface area contributed by atoms with E-state index in [-0.39, 0.29) is 66.4 Å². The number of nitrogens with one attached hydrogen (secondary N) is 2. The lowest BCUT2D eigenvalue weighted by Gasteiger charge is -2.30. The molecule has 0 unspecified atom stereocenters. The van der Waals surface area contributed by atoms with Crippen LogP contribution in [0.4, 0.5) is 10.5 Å². The second kappa shape index (κ2) is 20.0. The van der Waals surface area contributed by atoms with Gasteiger partial charge < -0.3 is 23.8 Å². The SMILES string of the molecule is CCOC(=O)CS(=O)(=O)N(C/C=C/c1cccc(C(=N)NC(=O)Oc2ccc(OC)cc2)c1)c1ccc(OC2CCN(C)CC2)c(Cl)c1.Cl.Cl. The minimum Gasteiger partial charge on any atom is -0.497 e. The van der Waals surface area contributed by atoms with Gasteiger partial charge in [-0.05, 0) is 80.9 Å². The van der Waals surface area contributed by atoms with Crippen LogP contribution in [0.1, 0.15) is 30.9 Å². The van der Waals surface area contributed by atoms with Crippen LogP contribution in [0.5, 0.6) is 17.2 Å². The highest BCUT2D eigenvalue weighted by Crippen LogP contribution is 2.32. The quantitative estimate of drug-likeness (QED) is 0.118. The van der Waals surface area contributed by atoms with Gasteiger partial charge in [-0.25, -0.2) is 13.2 Å². The molecule has 50 heavy (non-hydrogen) atoms. The molecular weight excluding hydrogens is 731 g/mol. The number of rotatable bonds is 13. The second-order valence-electron chi connectivity index (χ2n) is 10.9. The lowest BCUT2D eigenvalue weighted by Crippen LogP contribution is -2.36. The average Bonchev–Trinajstić information content (AvgIpc) is 3.05. The fraction of sp³-hybridized carbons (Fsp3) is 0.324. The standard InChI is InChI=1S/C34H39ClN4O8S.2ClH/c1-4-45-32(40)23-48(42,43)39(26-10-15-31(30(35)22-26)46-29-16-19-38(2)20-17-29)18-6-8-24-7-5-9-25(21-24)33(36)37-34(41)47-28-13-11-27(44-3)12-14-28;;/h5-15,21-22,29H,4,16-20,23H2,1-3H3,(H2,36,37,41);2*1H/b8-6+;;. The molecule has 3 aromatic rings. The topological polar surface area (TPSA) is 148 Å². The maximum Gasteiger partial charge on any atom is 0.418 e. The fourth-order valence-electron chi connectivity index (χ4n) is 4.86. The Hall–Kier alpha value is -4.01. The average molecular weight is 772 g/mol. The van der Waals surface area contributed by atoms with Crippen molar-refractivity contribution in [3.8, 4) is 17.2 Å². The third-order valence-electron chi connectivity index (χ3n) is 7.36. The Morgan fingerprint density at radius 2 is 1.72 bits per heavy atom. The van der Waals surface area contributed by atoms with Gasteiger partial charge >= 0.3 is 12.1 Å². The Balaban J connectivity index is 0.00000433. The van der Waals surface area contributed by atoms with Crippen LogP contribution in [0.15, 0.2) is 72.8 Å². The molecule has 0 radical (unpaired) electrons. The Bertz CT molecular complexity index is 1730. The van der Waals surface area contributed by atoms with Gasteiger partial charge in [0.2, 0.25) is 10.0 Å². The largest absolute Gasteiger partial charge is 0.497 e. The van der Waals surface area contributed by atoms with Gasteiger partial charge in [-0.2, -0.15) is 0 Å². The first-order valence-corrected chi connectivity index (χ1v) is 17.2. The molecule has 0 aliphatic carbocycles. The third kappa shape index (κ3) is 12.4. The van der Waals surface area contributed by atoms with Gasteiger partial charge in [0.25, 0.3) is 0 Å². The van der Waals surface area contributed by atoms with Gasteiger partial charge in [0.15, 0.2) is 5.75 Å². The Kier molecular flexibility index (Phi) is 16.9. The van der Waals surface area contributed by atoms with Crippen LogP contribution < -0.4 is 23.8 Å². The summed E-state index contributed by atoms with van der Waals surface area (Å²) in [4.78, 5) is 26.8. The van der Waals surface area contributed by atoms with Crippen LogP contribution in [0, 0.1) is 5.41 Å². The summed E-state index contributed by atoms with van der Waals surface area (Å²) >= 11 is 6.57. The Morgan fingerprint density at radius 1 is 1.04 bits per heavy atom. The van der Waals surface area contributed by atoms with Crippen molar-refractivity contribution in [3.05, 3.63) is 89.0 Å². The van der Waals surface area contributed by atoms with Crippen LogP contribution >= 0.6 is 36.4 Å². The second-order valence-corrected chi connectivity index (χ2v) is 13.2. The minimum absolute atomic E-state index is 0. The van der Waals surface area contributed by atoms with E-state index in [1.165, 1.54) is 13.2 Å². The molecule has 16 heteroatoms. The van der Waals surface area contributed by atoms with Crippen LogP contribution in [0.3, 0.4) is 0 Å². The molecule has 1 fully saturated rings. The molecule has 1 saturated heterocycles. The van der Waals surface area contributed by atoms with Gasteiger partial charge in [0.1, 0.15) is 29.2 Å². The maximum atomic E-state index is 13.4. The summed E-state index contributed by atoms with van der Waals surface area (Å²) in [6.45, 7) is 3.32. The molecule has 1 aliphatic rings. The number of hydrogen-bond acceptors (Lipinski definition) is 10. The van der Waals surface area contributed by atoms with E-state index in [0.717, 1.165) is 30.2 Å². The predicted octanol–water partition coefficient (Wildman–Crippen LogP) is 6.19. The van der Waals surface area contributed by atoms with Gasteiger partial charge in [-0.15, -0.1) is 24.8 Å². The van der Waals surface area contributed by atoms with E-state index in [2.05, 4.69) is 17.3 Å². The third-order valence-corrected chi connectivity index (χ3v) is 9.29. The zero-order valence-corrected chi connectivity index (χ0v) is 31.0. The molecule has 2 N–H and O–H groups in total. The first-order valence-electron chi connectivity index (χ1n) is 15.3. The lowest BCUT2D eigenvalue weighted by atomic mass is 10.1. The van der Waals surface area contributed by atoms with E-state index >= 15 is 0 Å². The van der Waals surface area contributed by atoms with E-state index in [1.54, 1.807) is 79.7 Å². The molecule has 0 saturated carbocycles. The molecule has 0 atom stereocenters. The number of benzene rings is 3. The van der Waals surface area contributed by atoms with E-state index in [0.29, 0.717) is 22.6 Å². The summed E-state index contributed by atoms with van der Waals surface area (Å²) in [7, 11) is -0.596. The summed E-state index contributed by atoms with van der Waals surface area (Å²) in [5, 5.41) is 11.0. The normalized spacial score (nSPS) is 13.4. The van der Waals surface area contributed by atoms with Crippen molar-refractivity contribution >= 4 is 76.1 Å². The lowest BCUT2D eigenvalue weighted by molar-refractivity contribution is -0.139. The highest BCUT2D eigenvalue weighted by atomic mass is 35.5. The molecule has 1 heterocycles. The van der Waals surface area contributed by atoms with Crippen molar-refractivity contribution in [1.82, 2.24) is 10.2 Å². The van der Waals surface area contributed by atoms with Gasteiger partial charge in [-0.3, -0.25) is 19.8 Å². The van der Waals surface area contributed by atoms with Crippen molar-refractivity contribution < 1.29 is 37.0 Å². The van der Waals surface area contributed by atoms with Gasteiger partial charge in [0.05, 0.1) is 31.0 Å². The zero-order valence-electron chi connectivity index (χ0n) is 27.8. The molecule has 12 nitrogen and oxygen atoms in total. The number of sulfonamides is 1. The number of esters is 1. The first-order chi connectivity index (χ1) is 23.0. The van der Waals surface area contributed by atoms with Crippen LogP contribution in [0.2, 0.25) is 5.02 Å². The molecule has 272 valence electrons. The summed E-state index contributed by atoms with van der Waals surface area (Å²) in [5.41, 5.74) is 1.27. The highest BCUT2D eigenvalue weighted by Gasteiger charge is 2.27. The first kappa shape index (κ1) is 42.2. The molecule has 1 amide bonds. The maximum absolute atomic E-state index is 13.4. The number of nitrogens with zero attached hydrogens (tertiary/aromatic N) is 2. The van der Waals surface area contributed by atoms with E-state index in [1.807, 2.05) is 0 Å². The van der Waals surface area contributed by atoms with Gasteiger partial charge in [-0.1, -0.05) is 42.0 Å². The number of piperidine rings is 1. The number of ether oxygens (including phenoxy) is 4. The molecule has 4 rings (SSSR count). The smallest absolute Gasteiger partial charge is 0.418 e. The summed E-state index contributed by atoms with van der Waals surface area (Å²) in [6.07, 6.45) is 4.14. The number of amidine groups is 1. The van der Waals surface area contributed by atoms with Crippen molar-refractivity contribution in [2.45, 2.75) is 25.9 Å². The number of hydrogen-bond donors (Lipinski definition) is 2. The summed E-state index contributed by atoms with van der Waals surface area (Å²) < 4.78 is 49.3. The predicted molar refractivity (Wildman–Crippen MR) is 199 cm³/mol. The van der Waals surface area contributed by atoms with Crippen molar-refractivity contribution in [2.75, 3.05) is 50.5 Å². The molecule has 0 spiro atoms. The van der Waals surface area contributed by atoms with E-state index in [9.17, 15) is 18.0 Å². The van der Waals surface area contributed by atoms with Crippen molar-refractivity contribution in [1.29, 1.82) is 5.41 Å². The Morgan fingerprint density at radius 3 is 2.36 bits per heavy atom. The number of carbonyl (C=O) groups excluding carboxylic acids is 2. The fourth-order valence-corrected chi connectivity index (χ4v) is 6.37. The van der Waals surface area contributed by atoms with E-state index in [4.69, 9.17) is 36.0 Å². The van der Waals surface area contributed by atoms with Gasteiger partial charge in [0, 0.05) is 18.7 Å². The Labute approximate surface area is 310 Å². The number of methoxy groups -OCH3 is 1. The summed E-state index contributed by atoms with van der Waals surface area (Å²) in [5.74, 6) is -0.584. The number of anilines is 1. The number of halogens is 3. The molecule has 0 aromatic heterocycles. The molecular formula is C34H41Cl3N4O8S. The zero-order chi connectivity index (χ0) is 34.7. The number of likely N-dealkylation sites (tertiary alicyclic amines) is 1. The highest BCUT2D eigenvalue weighted by molar-refractivity contribution is 7.93. The monoisotopic (exact) mass is 770 g/mol. The summed E-state index contributed by atoms with van der Waals surface area (Å²) in [6, 6.07) is 17.9. The van der Waals surface area contributed by atoms with Crippen molar-refractivity contribution in [2.24, 2.45) is 0 Å². The molecule has 1 aliphatic heterocycles. The van der Waals surface area contributed by atoms with Crippen LogP contribution in [0.25, 0.3) is 6.08 Å².